The van der Waals surface area contributed by atoms with Crippen molar-refractivity contribution in [2.45, 2.75) is 58.2 Å². The summed E-state index contributed by atoms with van der Waals surface area (Å²) in [5.41, 5.74) is 10.2. The highest BCUT2D eigenvalue weighted by molar-refractivity contribution is 6.82. The first kappa shape index (κ1) is 15.2. The number of nitrogen functional groups attached to an aromatic ring is 1. The lowest BCUT2D eigenvalue weighted by Crippen LogP contribution is -2.51. The number of nitrogens with two attached hydrogens (primary N) is 1. The van der Waals surface area contributed by atoms with E-state index in [1.165, 1.54) is 10.9 Å². The highest BCUT2D eigenvalue weighted by atomic mass is 28.3. The van der Waals surface area contributed by atoms with Crippen LogP contribution in [0.3, 0.4) is 0 Å². The van der Waals surface area contributed by atoms with E-state index in [0.717, 1.165) is 5.69 Å². The number of rotatable bonds is 4. The van der Waals surface area contributed by atoms with Gasteiger partial charge in [0.15, 0.2) is 8.24 Å². The van der Waals surface area contributed by atoms with Gasteiger partial charge in [-0.05, 0) is 47.1 Å². The van der Waals surface area contributed by atoms with Crippen molar-refractivity contribution in [2.24, 2.45) is 0 Å². The van der Waals surface area contributed by atoms with Gasteiger partial charge in [-0.1, -0.05) is 41.5 Å². The predicted octanol–water partition coefficient (Wildman–Crippen LogP) is 5.25. The first-order valence-corrected chi connectivity index (χ1v) is 9.86. The lowest BCUT2D eigenvalue weighted by molar-refractivity contribution is 0.773. The van der Waals surface area contributed by atoms with Crippen LogP contribution in [0.4, 0.5) is 5.69 Å². The monoisotopic (exact) mass is 288 g/mol. The van der Waals surface area contributed by atoms with E-state index in [2.05, 4.69) is 70.2 Å². The lowest BCUT2D eigenvalue weighted by atomic mass is 10.2. The lowest BCUT2D eigenvalue weighted by Gasteiger charge is -2.44. The van der Waals surface area contributed by atoms with Gasteiger partial charge in [-0.3, -0.25) is 0 Å². The van der Waals surface area contributed by atoms with Crippen LogP contribution in [0.5, 0.6) is 0 Å². The van der Waals surface area contributed by atoms with Gasteiger partial charge in [0.05, 0.1) is 0 Å². The Labute approximate surface area is 124 Å². The van der Waals surface area contributed by atoms with Crippen molar-refractivity contribution in [3.63, 3.8) is 0 Å². The number of benzene rings is 1. The third-order valence-corrected chi connectivity index (χ3v) is 11.7. The number of hydrogen-bond acceptors (Lipinski definition) is 1. The normalized spacial score (nSPS) is 13.1. The molecule has 0 amide bonds. The molecule has 0 bridgehead atoms. The summed E-state index contributed by atoms with van der Waals surface area (Å²) in [6.07, 6.45) is 2.30. The van der Waals surface area contributed by atoms with E-state index in [4.69, 9.17) is 5.73 Å². The summed E-state index contributed by atoms with van der Waals surface area (Å²) in [6.45, 7) is 14.4. The quantitative estimate of drug-likeness (QED) is 0.605. The zero-order valence-corrected chi connectivity index (χ0v) is 14.6. The van der Waals surface area contributed by atoms with Crippen LogP contribution in [0.1, 0.15) is 41.5 Å². The Balaban J connectivity index is 2.75. The van der Waals surface area contributed by atoms with Crippen molar-refractivity contribution in [1.82, 2.24) is 4.23 Å². The van der Waals surface area contributed by atoms with Crippen LogP contribution in [-0.4, -0.2) is 12.5 Å². The molecule has 20 heavy (non-hydrogen) atoms. The minimum atomic E-state index is -1.66. The van der Waals surface area contributed by atoms with Gasteiger partial charge >= 0.3 is 0 Å². The summed E-state index contributed by atoms with van der Waals surface area (Å²) in [5, 5.41) is 1.27. The molecular weight excluding hydrogens is 260 g/mol. The average molecular weight is 289 g/mol. The van der Waals surface area contributed by atoms with Gasteiger partial charge in [-0.2, -0.15) is 0 Å². The number of anilines is 1. The van der Waals surface area contributed by atoms with Gasteiger partial charge in [0.2, 0.25) is 0 Å². The molecule has 2 nitrogen and oxygen atoms in total. The molecule has 0 saturated carbocycles. The van der Waals surface area contributed by atoms with E-state index in [0.29, 0.717) is 16.6 Å². The van der Waals surface area contributed by atoms with Crippen LogP contribution >= 0.6 is 0 Å². The number of aromatic nitrogens is 1. The molecule has 3 heteroatoms. The first-order chi connectivity index (χ1) is 9.31. The second-order valence-corrected chi connectivity index (χ2v) is 12.6. The Morgan fingerprint density at radius 1 is 0.900 bits per heavy atom. The highest BCUT2D eigenvalue weighted by Crippen LogP contribution is 2.44. The number of nitrogens with zero attached hydrogens (tertiary/aromatic N) is 1. The first-order valence-electron chi connectivity index (χ1n) is 7.68. The molecule has 110 valence electrons. The summed E-state index contributed by atoms with van der Waals surface area (Å²) in [4.78, 5) is 0. The van der Waals surface area contributed by atoms with Gasteiger partial charge in [0.1, 0.15) is 0 Å². The molecule has 0 aliphatic heterocycles. The Bertz CT molecular complexity index is 574. The van der Waals surface area contributed by atoms with Crippen LogP contribution in [0, 0.1) is 0 Å². The summed E-state index contributed by atoms with van der Waals surface area (Å²) in [6, 6.07) is 8.53. The topological polar surface area (TPSA) is 30.9 Å². The number of hydrogen-bond donors (Lipinski definition) is 1. The second-order valence-electron chi connectivity index (χ2n) is 6.86. The summed E-state index contributed by atoms with van der Waals surface area (Å²) < 4.78 is 2.63. The van der Waals surface area contributed by atoms with Crippen molar-refractivity contribution in [3.8, 4) is 0 Å². The van der Waals surface area contributed by atoms with E-state index in [9.17, 15) is 0 Å². The maximum atomic E-state index is 5.92. The largest absolute Gasteiger partial charge is 0.399 e. The fraction of sp³-hybridized carbons (Fsp3) is 0.529. The molecule has 0 radical (unpaired) electrons. The third kappa shape index (κ3) is 2.08. The molecule has 2 rings (SSSR count). The molecule has 0 saturated heterocycles. The molecule has 1 aromatic heterocycles. The van der Waals surface area contributed by atoms with Crippen molar-refractivity contribution in [1.29, 1.82) is 0 Å². The van der Waals surface area contributed by atoms with Crippen LogP contribution in [0.2, 0.25) is 16.6 Å². The second kappa shape index (κ2) is 5.28. The smallest absolute Gasteiger partial charge is 0.169 e. The van der Waals surface area contributed by atoms with E-state index in [-0.39, 0.29) is 0 Å². The van der Waals surface area contributed by atoms with Crippen LogP contribution in [0.25, 0.3) is 10.9 Å². The summed E-state index contributed by atoms with van der Waals surface area (Å²) in [7, 11) is -1.66. The zero-order valence-electron chi connectivity index (χ0n) is 13.6. The van der Waals surface area contributed by atoms with Gasteiger partial charge in [-0.25, -0.2) is 0 Å². The van der Waals surface area contributed by atoms with Gasteiger partial charge < -0.3 is 9.97 Å². The maximum Gasteiger partial charge on any atom is 0.169 e. The molecular formula is C17H28N2Si. The summed E-state index contributed by atoms with van der Waals surface area (Å²) in [5.74, 6) is 0. The standard InChI is InChI=1S/C17H28N2Si/c1-12(2)20(13(3)4,14(5)6)19-10-9-15-11-16(18)7-8-17(15)19/h7-14H,18H2,1-6H3. The van der Waals surface area contributed by atoms with Crippen LogP contribution in [0.15, 0.2) is 30.5 Å². The van der Waals surface area contributed by atoms with Gasteiger partial charge in [0.25, 0.3) is 0 Å². The molecule has 0 fully saturated rings. The summed E-state index contributed by atoms with van der Waals surface area (Å²) >= 11 is 0. The molecule has 0 spiro atoms. The van der Waals surface area contributed by atoms with Crippen molar-refractivity contribution in [2.75, 3.05) is 5.73 Å². The van der Waals surface area contributed by atoms with E-state index >= 15 is 0 Å². The van der Waals surface area contributed by atoms with Crippen LogP contribution in [-0.2, 0) is 0 Å². The average Bonchev–Trinajstić information content (AvgIpc) is 2.72. The molecule has 1 aromatic carbocycles. The Morgan fingerprint density at radius 2 is 1.45 bits per heavy atom. The Morgan fingerprint density at radius 3 is 1.95 bits per heavy atom. The van der Waals surface area contributed by atoms with E-state index in [1.54, 1.807) is 0 Å². The third-order valence-electron chi connectivity index (χ3n) is 4.91. The Hall–Kier alpha value is -1.22. The molecule has 1 heterocycles. The fourth-order valence-electron chi connectivity index (χ4n) is 4.33. The molecule has 0 aliphatic rings. The van der Waals surface area contributed by atoms with Crippen molar-refractivity contribution < 1.29 is 0 Å². The Kier molecular flexibility index (Phi) is 4.01. The molecule has 2 N–H and O–H groups in total. The SMILES string of the molecule is CC(C)[Si](C(C)C)(C(C)C)n1ccc2cc(N)ccc21. The van der Waals surface area contributed by atoms with Crippen molar-refractivity contribution in [3.05, 3.63) is 30.5 Å². The van der Waals surface area contributed by atoms with Crippen LogP contribution < -0.4 is 5.73 Å². The van der Waals surface area contributed by atoms with Gasteiger partial charge in [-0.15, -0.1) is 0 Å². The molecule has 0 unspecified atom stereocenters. The molecule has 0 atom stereocenters. The highest BCUT2D eigenvalue weighted by Gasteiger charge is 2.45. The van der Waals surface area contributed by atoms with Crippen molar-refractivity contribution >= 4 is 24.8 Å². The predicted molar refractivity (Wildman–Crippen MR) is 92.8 cm³/mol. The van der Waals surface area contributed by atoms with Gasteiger partial charge in [0, 0.05) is 16.6 Å². The minimum Gasteiger partial charge on any atom is -0.399 e. The molecule has 0 aliphatic carbocycles. The fourth-order valence-corrected chi connectivity index (χ4v) is 11.0. The number of fused-ring (bicyclic) bond motifs is 1. The van der Waals surface area contributed by atoms with E-state index in [1.807, 2.05) is 6.07 Å². The zero-order chi connectivity index (χ0) is 15.1. The molecule has 2 aromatic rings. The minimum absolute atomic E-state index is 0.704. The van der Waals surface area contributed by atoms with E-state index < -0.39 is 8.24 Å². The maximum absolute atomic E-state index is 5.92.